The van der Waals surface area contributed by atoms with Gasteiger partial charge in [-0.3, -0.25) is 4.90 Å². The van der Waals surface area contributed by atoms with Crippen LogP contribution in [0, 0.1) is 0 Å². The predicted molar refractivity (Wildman–Crippen MR) is 70.6 cm³/mol. The minimum absolute atomic E-state index is 0.607. The van der Waals surface area contributed by atoms with Crippen molar-refractivity contribution in [2.75, 3.05) is 33.2 Å². The standard InChI is InChI=1S/C13H29N3/c1-4-5-6-7-13(10-14)16-9-8-15(3)11-12(16)2/h12-13H,4-11,14H2,1-3H3. The molecule has 1 aliphatic heterocycles. The molecule has 0 radical (unpaired) electrons. The van der Waals surface area contributed by atoms with Gasteiger partial charge in [-0.1, -0.05) is 26.2 Å². The van der Waals surface area contributed by atoms with Gasteiger partial charge in [0.25, 0.3) is 0 Å². The van der Waals surface area contributed by atoms with E-state index in [4.69, 9.17) is 5.73 Å². The summed E-state index contributed by atoms with van der Waals surface area (Å²) >= 11 is 0. The van der Waals surface area contributed by atoms with Gasteiger partial charge < -0.3 is 10.6 Å². The fourth-order valence-corrected chi connectivity index (χ4v) is 2.75. The molecule has 0 aromatic rings. The minimum atomic E-state index is 0.607. The van der Waals surface area contributed by atoms with Crippen LogP contribution in [-0.2, 0) is 0 Å². The van der Waals surface area contributed by atoms with Crippen molar-refractivity contribution in [3.63, 3.8) is 0 Å². The smallest absolute Gasteiger partial charge is 0.0222 e. The monoisotopic (exact) mass is 227 g/mol. The van der Waals surface area contributed by atoms with Crippen LogP contribution in [0.1, 0.15) is 39.5 Å². The van der Waals surface area contributed by atoms with Crippen LogP contribution in [-0.4, -0.2) is 55.1 Å². The van der Waals surface area contributed by atoms with Crippen LogP contribution in [0.5, 0.6) is 0 Å². The molecule has 0 amide bonds. The van der Waals surface area contributed by atoms with Gasteiger partial charge in [-0.05, 0) is 20.4 Å². The summed E-state index contributed by atoms with van der Waals surface area (Å²) in [5, 5.41) is 0. The Morgan fingerprint density at radius 3 is 2.62 bits per heavy atom. The van der Waals surface area contributed by atoms with Gasteiger partial charge in [0, 0.05) is 38.3 Å². The number of likely N-dealkylation sites (N-methyl/N-ethyl adjacent to an activating group) is 1. The summed E-state index contributed by atoms with van der Waals surface area (Å²) < 4.78 is 0. The first-order valence-corrected chi connectivity index (χ1v) is 6.83. The molecule has 1 heterocycles. The SMILES string of the molecule is CCCCCC(CN)N1CCN(C)CC1C. The number of hydrogen-bond donors (Lipinski definition) is 1. The zero-order valence-electron chi connectivity index (χ0n) is 11.3. The van der Waals surface area contributed by atoms with Gasteiger partial charge in [-0.2, -0.15) is 0 Å². The molecule has 2 atom stereocenters. The van der Waals surface area contributed by atoms with Crippen LogP contribution in [0.4, 0.5) is 0 Å². The molecule has 0 aromatic heterocycles. The number of rotatable bonds is 6. The van der Waals surface area contributed by atoms with Gasteiger partial charge in [-0.25, -0.2) is 0 Å². The van der Waals surface area contributed by atoms with Crippen molar-refractivity contribution in [3.05, 3.63) is 0 Å². The summed E-state index contributed by atoms with van der Waals surface area (Å²) in [7, 11) is 2.21. The Morgan fingerprint density at radius 1 is 1.31 bits per heavy atom. The fraction of sp³-hybridized carbons (Fsp3) is 1.00. The number of nitrogens with zero attached hydrogens (tertiary/aromatic N) is 2. The van der Waals surface area contributed by atoms with Gasteiger partial charge in [0.1, 0.15) is 0 Å². The molecule has 3 nitrogen and oxygen atoms in total. The predicted octanol–water partition coefficient (Wildman–Crippen LogP) is 1.53. The Labute approximate surface area is 101 Å². The lowest BCUT2D eigenvalue weighted by Crippen LogP contribution is -2.56. The lowest BCUT2D eigenvalue weighted by molar-refractivity contribution is 0.0596. The van der Waals surface area contributed by atoms with E-state index in [9.17, 15) is 0 Å². The van der Waals surface area contributed by atoms with Crippen LogP contribution in [0.3, 0.4) is 0 Å². The van der Waals surface area contributed by atoms with Crippen LogP contribution in [0.15, 0.2) is 0 Å². The highest BCUT2D eigenvalue weighted by Crippen LogP contribution is 2.16. The molecule has 1 rings (SSSR count). The van der Waals surface area contributed by atoms with E-state index in [0.29, 0.717) is 12.1 Å². The van der Waals surface area contributed by atoms with E-state index in [0.717, 1.165) is 6.54 Å². The average molecular weight is 227 g/mol. The third kappa shape index (κ3) is 4.04. The molecular formula is C13H29N3. The summed E-state index contributed by atoms with van der Waals surface area (Å²) in [6.07, 6.45) is 5.25. The first-order valence-electron chi connectivity index (χ1n) is 6.83. The maximum absolute atomic E-state index is 5.93. The molecular weight excluding hydrogens is 198 g/mol. The first-order chi connectivity index (χ1) is 7.69. The van der Waals surface area contributed by atoms with E-state index in [1.165, 1.54) is 45.3 Å². The number of unbranched alkanes of at least 4 members (excludes halogenated alkanes) is 2. The molecule has 1 aliphatic rings. The molecule has 1 fully saturated rings. The highest BCUT2D eigenvalue weighted by atomic mass is 15.3. The van der Waals surface area contributed by atoms with Gasteiger partial charge in [0.15, 0.2) is 0 Å². The van der Waals surface area contributed by atoms with Crippen molar-refractivity contribution in [2.45, 2.75) is 51.6 Å². The largest absolute Gasteiger partial charge is 0.329 e. The zero-order valence-corrected chi connectivity index (χ0v) is 11.3. The van der Waals surface area contributed by atoms with E-state index >= 15 is 0 Å². The molecule has 0 saturated carbocycles. The molecule has 16 heavy (non-hydrogen) atoms. The van der Waals surface area contributed by atoms with Crippen LogP contribution < -0.4 is 5.73 Å². The summed E-state index contributed by atoms with van der Waals surface area (Å²) in [6.45, 7) is 8.97. The van der Waals surface area contributed by atoms with Crippen molar-refractivity contribution >= 4 is 0 Å². The quantitative estimate of drug-likeness (QED) is 0.699. The Kier molecular flexibility index (Phi) is 6.32. The second-order valence-electron chi connectivity index (χ2n) is 5.23. The normalized spacial score (nSPS) is 25.9. The fourth-order valence-electron chi connectivity index (χ4n) is 2.75. The van der Waals surface area contributed by atoms with Crippen molar-refractivity contribution in [1.29, 1.82) is 0 Å². The molecule has 1 saturated heterocycles. The molecule has 0 spiro atoms. The van der Waals surface area contributed by atoms with E-state index in [2.05, 4.69) is 30.7 Å². The van der Waals surface area contributed by atoms with Crippen LogP contribution in [0.2, 0.25) is 0 Å². The van der Waals surface area contributed by atoms with E-state index in [1.54, 1.807) is 0 Å². The summed E-state index contributed by atoms with van der Waals surface area (Å²) in [5.74, 6) is 0. The highest BCUT2D eigenvalue weighted by molar-refractivity contribution is 4.83. The third-order valence-corrected chi connectivity index (χ3v) is 3.76. The molecule has 2 unspecified atom stereocenters. The molecule has 0 aromatic carbocycles. The molecule has 0 bridgehead atoms. The number of piperazine rings is 1. The van der Waals surface area contributed by atoms with Gasteiger partial charge in [0.2, 0.25) is 0 Å². The molecule has 2 N–H and O–H groups in total. The molecule has 96 valence electrons. The van der Waals surface area contributed by atoms with Crippen molar-refractivity contribution in [2.24, 2.45) is 5.73 Å². The zero-order chi connectivity index (χ0) is 12.0. The second-order valence-corrected chi connectivity index (χ2v) is 5.23. The molecule has 0 aliphatic carbocycles. The molecule has 3 heteroatoms. The first kappa shape index (κ1) is 13.9. The lowest BCUT2D eigenvalue weighted by atomic mass is 10.0. The maximum Gasteiger partial charge on any atom is 0.0222 e. The van der Waals surface area contributed by atoms with Crippen LogP contribution >= 0.6 is 0 Å². The minimum Gasteiger partial charge on any atom is -0.329 e. The van der Waals surface area contributed by atoms with Gasteiger partial charge >= 0.3 is 0 Å². The number of hydrogen-bond acceptors (Lipinski definition) is 3. The Balaban J connectivity index is 2.39. The van der Waals surface area contributed by atoms with Gasteiger partial charge in [0.05, 0.1) is 0 Å². The lowest BCUT2D eigenvalue weighted by Gasteiger charge is -2.42. The average Bonchev–Trinajstić information content (AvgIpc) is 2.26. The summed E-state index contributed by atoms with van der Waals surface area (Å²) in [4.78, 5) is 5.04. The summed E-state index contributed by atoms with van der Waals surface area (Å²) in [5.41, 5.74) is 5.93. The Bertz CT molecular complexity index is 184. The Hall–Kier alpha value is -0.120. The third-order valence-electron chi connectivity index (χ3n) is 3.76. The highest BCUT2D eigenvalue weighted by Gasteiger charge is 2.26. The van der Waals surface area contributed by atoms with Crippen molar-refractivity contribution in [3.8, 4) is 0 Å². The van der Waals surface area contributed by atoms with Crippen molar-refractivity contribution < 1.29 is 0 Å². The van der Waals surface area contributed by atoms with Gasteiger partial charge in [-0.15, -0.1) is 0 Å². The Morgan fingerprint density at radius 2 is 2.06 bits per heavy atom. The van der Waals surface area contributed by atoms with Crippen LogP contribution in [0.25, 0.3) is 0 Å². The second kappa shape index (κ2) is 7.25. The number of nitrogens with two attached hydrogens (primary N) is 1. The van der Waals surface area contributed by atoms with E-state index < -0.39 is 0 Å². The topological polar surface area (TPSA) is 32.5 Å². The van der Waals surface area contributed by atoms with E-state index in [1.807, 2.05) is 0 Å². The maximum atomic E-state index is 5.93. The van der Waals surface area contributed by atoms with Crippen molar-refractivity contribution in [1.82, 2.24) is 9.80 Å². The van der Waals surface area contributed by atoms with E-state index in [-0.39, 0.29) is 0 Å². The summed E-state index contributed by atoms with van der Waals surface area (Å²) in [6, 6.07) is 1.27.